The van der Waals surface area contributed by atoms with Gasteiger partial charge in [-0.1, -0.05) is 13.8 Å². The van der Waals surface area contributed by atoms with E-state index in [-0.39, 0.29) is 5.75 Å². The van der Waals surface area contributed by atoms with E-state index in [1.807, 2.05) is 13.8 Å². The molecule has 0 unspecified atom stereocenters. The second-order valence-electron chi connectivity index (χ2n) is 3.09. The molecule has 0 amide bonds. The minimum absolute atomic E-state index is 0.118. The van der Waals surface area contributed by atoms with E-state index in [0.29, 0.717) is 18.9 Å². The fourth-order valence-electron chi connectivity index (χ4n) is 1.11. The number of benzene rings is 1. The smallest absolute Gasteiger partial charge is 0.161 e. The minimum Gasteiger partial charge on any atom is -0.504 e. The molecule has 0 spiro atoms. The van der Waals surface area contributed by atoms with Gasteiger partial charge in [-0.25, -0.2) is 0 Å². The summed E-state index contributed by atoms with van der Waals surface area (Å²) in [6.45, 7) is 5.26. The first-order chi connectivity index (χ1) is 8.77. The highest BCUT2D eigenvalue weighted by molar-refractivity contribution is 5.80. The number of phenols is 1. The van der Waals surface area contributed by atoms with Crippen LogP contribution in [-0.2, 0) is 4.74 Å². The number of nitrogens with one attached hydrogen (secondary N) is 1. The van der Waals surface area contributed by atoms with Gasteiger partial charge >= 0.3 is 0 Å². The summed E-state index contributed by atoms with van der Waals surface area (Å²) in [6.07, 6.45) is 1.65. The lowest BCUT2D eigenvalue weighted by Gasteiger charge is -2.03. The summed E-state index contributed by atoms with van der Waals surface area (Å²) in [5.41, 5.74) is 3.67. The highest BCUT2D eigenvalue weighted by Crippen LogP contribution is 2.25. The maximum atomic E-state index is 9.37. The van der Waals surface area contributed by atoms with Crippen molar-refractivity contribution in [2.24, 2.45) is 5.10 Å². The average Bonchev–Trinajstić information content (AvgIpc) is 2.42. The number of phenolic OH excluding ortho intramolecular Hbond substituents is 1. The van der Waals surface area contributed by atoms with Crippen LogP contribution in [0.15, 0.2) is 23.3 Å². The lowest BCUT2D eigenvalue weighted by atomic mass is 10.2. The Morgan fingerprint density at radius 3 is 2.67 bits per heavy atom. The summed E-state index contributed by atoms with van der Waals surface area (Å²) in [6, 6.07) is 5.02. The number of hydrogen-bond donors (Lipinski definition) is 2. The lowest BCUT2D eigenvalue weighted by molar-refractivity contribution is 0.200. The van der Waals surface area contributed by atoms with Gasteiger partial charge in [-0.2, -0.15) is 5.10 Å². The van der Waals surface area contributed by atoms with Crippen LogP contribution in [-0.4, -0.2) is 38.7 Å². The number of rotatable bonds is 6. The quantitative estimate of drug-likeness (QED) is 0.463. The molecule has 0 aromatic heterocycles. The van der Waals surface area contributed by atoms with Crippen molar-refractivity contribution in [1.82, 2.24) is 5.43 Å². The van der Waals surface area contributed by atoms with Crippen LogP contribution in [0.3, 0.4) is 0 Å². The molecule has 0 saturated carbocycles. The molecule has 1 rings (SSSR count). The van der Waals surface area contributed by atoms with Gasteiger partial charge in [0.1, 0.15) is 0 Å². The van der Waals surface area contributed by atoms with Gasteiger partial charge < -0.3 is 20.0 Å². The molecule has 0 fully saturated rings. The van der Waals surface area contributed by atoms with Crippen LogP contribution in [0.25, 0.3) is 0 Å². The van der Waals surface area contributed by atoms with Crippen LogP contribution in [0.2, 0.25) is 0 Å². The minimum atomic E-state index is 0.118. The van der Waals surface area contributed by atoms with E-state index in [1.165, 1.54) is 7.11 Å². The fraction of sp³-hybridized carbons (Fsp3) is 0.462. The zero-order chi connectivity index (χ0) is 13.8. The van der Waals surface area contributed by atoms with E-state index >= 15 is 0 Å². The third-order valence-electron chi connectivity index (χ3n) is 1.93. The van der Waals surface area contributed by atoms with Gasteiger partial charge in [0.15, 0.2) is 11.5 Å². The molecule has 1 aromatic rings. The summed E-state index contributed by atoms with van der Waals surface area (Å²) in [7, 11) is 3.14. The molecular formula is C13H22N2O3. The van der Waals surface area contributed by atoms with E-state index in [0.717, 1.165) is 5.56 Å². The third kappa shape index (κ3) is 6.10. The van der Waals surface area contributed by atoms with Crippen molar-refractivity contribution < 1.29 is 14.6 Å². The zero-order valence-corrected chi connectivity index (χ0v) is 11.4. The largest absolute Gasteiger partial charge is 0.504 e. The summed E-state index contributed by atoms with van der Waals surface area (Å²) in [5, 5.41) is 13.4. The molecule has 1 aromatic carbocycles. The summed E-state index contributed by atoms with van der Waals surface area (Å²) in [5.74, 6) is 0.549. The second-order valence-corrected chi connectivity index (χ2v) is 3.09. The molecule has 5 nitrogen and oxygen atoms in total. The standard InChI is InChI=1S/C11H16N2O3.C2H6/c1-15-6-5-12-13-8-9-3-4-10(14)11(7-9)16-2;1-2/h3-4,7-8,12,14H,5-6H2,1-2H3;1-2H3/b13-8+;. The molecule has 18 heavy (non-hydrogen) atoms. The van der Waals surface area contributed by atoms with Crippen LogP contribution in [0.5, 0.6) is 11.5 Å². The number of hydrazone groups is 1. The Kier molecular flexibility index (Phi) is 9.40. The number of hydrogen-bond acceptors (Lipinski definition) is 5. The predicted molar refractivity (Wildman–Crippen MR) is 73.5 cm³/mol. The Hall–Kier alpha value is -1.75. The van der Waals surface area contributed by atoms with Crippen LogP contribution >= 0.6 is 0 Å². The Morgan fingerprint density at radius 2 is 2.06 bits per heavy atom. The third-order valence-corrected chi connectivity index (χ3v) is 1.93. The van der Waals surface area contributed by atoms with Gasteiger partial charge in [-0.05, 0) is 23.8 Å². The molecule has 0 atom stereocenters. The van der Waals surface area contributed by atoms with Crippen molar-refractivity contribution >= 4 is 6.21 Å². The normalized spacial score (nSPS) is 9.78. The molecule has 2 N–H and O–H groups in total. The van der Waals surface area contributed by atoms with Gasteiger partial charge in [0.2, 0.25) is 0 Å². The molecule has 0 saturated heterocycles. The Morgan fingerprint density at radius 1 is 1.33 bits per heavy atom. The number of methoxy groups -OCH3 is 2. The van der Waals surface area contributed by atoms with Crippen molar-refractivity contribution in [3.63, 3.8) is 0 Å². The molecule has 0 heterocycles. The van der Waals surface area contributed by atoms with Crippen LogP contribution < -0.4 is 10.2 Å². The first kappa shape index (κ1) is 16.2. The second kappa shape index (κ2) is 10.4. The van der Waals surface area contributed by atoms with Gasteiger partial charge in [-0.15, -0.1) is 0 Å². The molecule has 0 aliphatic rings. The van der Waals surface area contributed by atoms with Gasteiger partial charge in [0, 0.05) is 7.11 Å². The molecule has 0 radical (unpaired) electrons. The van der Waals surface area contributed by atoms with Crippen molar-refractivity contribution in [1.29, 1.82) is 0 Å². The number of aromatic hydroxyl groups is 1. The fourth-order valence-corrected chi connectivity index (χ4v) is 1.11. The van der Waals surface area contributed by atoms with E-state index < -0.39 is 0 Å². The Bertz CT molecular complexity index is 354. The van der Waals surface area contributed by atoms with Crippen LogP contribution in [0.1, 0.15) is 19.4 Å². The summed E-state index contributed by atoms with van der Waals surface area (Å²) < 4.78 is 9.84. The first-order valence-electron chi connectivity index (χ1n) is 5.89. The van der Waals surface area contributed by atoms with E-state index in [9.17, 15) is 5.11 Å². The van der Waals surface area contributed by atoms with Crippen LogP contribution in [0, 0.1) is 0 Å². The molecular weight excluding hydrogens is 232 g/mol. The molecule has 5 heteroatoms. The molecule has 102 valence electrons. The lowest BCUT2D eigenvalue weighted by Crippen LogP contribution is -2.12. The SMILES string of the molecule is CC.COCCN/N=C/c1ccc(O)c(OC)c1. The zero-order valence-electron chi connectivity index (χ0n) is 11.4. The average molecular weight is 254 g/mol. The van der Waals surface area contributed by atoms with Crippen LogP contribution in [0.4, 0.5) is 0 Å². The maximum absolute atomic E-state index is 9.37. The Labute approximate surface area is 108 Å². The summed E-state index contributed by atoms with van der Waals surface area (Å²) in [4.78, 5) is 0. The monoisotopic (exact) mass is 254 g/mol. The molecule has 0 aliphatic heterocycles. The van der Waals surface area contributed by atoms with E-state index in [4.69, 9.17) is 9.47 Å². The molecule has 0 bridgehead atoms. The molecule has 0 aliphatic carbocycles. The highest BCUT2D eigenvalue weighted by Gasteiger charge is 2.00. The Balaban J connectivity index is 0.00000137. The van der Waals surface area contributed by atoms with E-state index in [2.05, 4.69) is 10.5 Å². The van der Waals surface area contributed by atoms with Crippen molar-refractivity contribution in [3.8, 4) is 11.5 Å². The van der Waals surface area contributed by atoms with Crippen molar-refractivity contribution in [2.75, 3.05) is 27.4 Å². The highest BCUT2D eigenvalue weighted by atomic mass is 16.5. The van der Waals surface area contributed by atoms with E-state index in [1.54, 1.807) is 31.5 Å². The summed E-state index contributed by atoms with van der Waals surface area (Å²) >= 11 is 0. The van der Waals surface area contributed by atoms with Gasteiger partial charge in [-0.3, -0.25) is 0 Å². The number of nitrogens with zero attached hydrogens (tertiary/aromatic N) is 1. The predicted octanol–water partition coefficient (Wildman–Crippen LogP) is 2.00. The topological polar surface area (TPSA) is 63.1 Å². The van der Waals surface area contributed by atoms with Gasteiger partial charge in [0.05, 0.1) is 26.5 Å². The van der Waals surface area contributed by atoms with Crippen molar-refractivity contribution in [3.05, 3.63) is 23.8 Å². The number of ether oxygens (including phenoxy) is 2. The van der Waals surface area contributed by atoms with Gasteiger partial charge in [0.25, 0.3) is 0 Å². The maximum Gasteiger partial charge on any atom is 0.161 e. The van der Waals surface area contributed by atoms with Crippen molar-refractivity contribution in [2.45, 2.75) is 13.8 Å². The first-order valence-corrected chi connectivity index (χ1v) is 5.89.